The van der Waals surface area contributed by atoms with E-state index in [4.69, 9.17) is 5.11 Å². The van der Waals surface area contributed by atoms with Crippen molar-refractivity contribution in [3.8, 4) is 0 Å². The van der Waals surface area contributed by atoms with Crippen LogP contribution in [-0.4, -0.2) is 43.3 Å². The van der Waals surface area contributed by atoms with Crippen molar-refractivity contribution in [2.45, 2.75) is 19.1 Å². The minimum Gasteiger partial charge on any atom is -0.465 e. The molecule has 0 unspecified atom stereocenters. The van der Waals surface area contributed by atoms with Crippen LogP contribution in [0.5, 0.6) is 0 Å². The Morgan fingerprint density at radius 1 is 1.47 bits per heavy atom. The monoisotopic (exact) mass is 249 g/mol. The molecule has 0 aromatic rings. The van der Waals surface area contributed by atoms with Crippen molar-refractivity contribution in [1.29, 1.82) is 0 Å². The molecule has 0 aromatic heterocycles. The number of hydrogen-bond acceptors (Lipinski definition) is 3. The second kappa shape index (κ2) is 4.69. The van der Waals surface area contributed by atoms with Crippen molar-refractivity contribution in [1.82, 2.24) is 5.32 Å². The average Bonchev–Trinajstić information content (AvgIpc) is 1.73. The Labute approximate surface area is 84.2 Å². The molecule has 90 valence electrons. The summed E-state index contributed by atoms with van der Waals surface area (Å²) in [5.74, 6) is -2.82. The van der Waals surface area contributed by atoms with Crippen LogP contribution in [0.1, 0.15) is 6.92 Å². The molecule has 0 bridgehead atoms. The molecular weight excluding hydrogens is 239 g/mol. The molecule has 0 radical (unpaired) electrons. The molecule has 0 aliphatic carbocycles. The average molecular weight is 249 g/mol. The largest absolute Gasteiger partial charge is 0.465 e. The standard InChI is InChI=1S/C6H10F3NO4S/c1-4(10-5(11)12)2-15(13,14)3-6(7,8)9/h4,10H,2-3H2,1H3,(H,11,12)/t4-/m1/s1. The molecule has 0 aliphatic rings. The summed E-state index contributed by atoms with van der Waals surface area (Å²) in [6.45, 7) is 1.17. The van der Waals surface area contributed by atoms with Crippen LogP contribution in [-0.2, 0) is 9.84 Å². The highest BCUT2D eigenvalue weighted by molar-refractivity contribution is 7.91. The van der Waals surface area contributed by atoms with E-state index in [-0.39, 0.29) is 0 Å². The van der Waals surface area contributed by atoms with Crippen molar-refractivity contribution in [2.75, 3.05) is 11.5 Å². The van der Waals surface area contributed by atoms with Crippen molar-refractivity contribution in [3.63, 3.8) is 0 Å². The SMILES string of the molecule is C[C@H](CS(=O)(=O)CC(F)(F)F)NC(=O)O. The Kier molecular flexibility index (Phi) is 4.38. The summed E-state index contributed by atoms with van der Waals surface area (Å²) in [6.07, 6.45) is -6.29. The first-order valence-electron chi connectivity index (χ1n) is 3.78. The molecule has 0 saturated carbocycles. The quantitative estimate of drug-likeness (QED) is 0.765. The first-order chi connectivity index (χ1) is 6.52. The number of nitrogens with one attached hydrogen (secondary N) is 1. The minimum absolute atomic E-state index is 0.876. The lowest BCUT2D eigenvalue weighted by Crippen LogP contribution is -2.38. The molecule has 0 rings (SSSR count). The van der Waals surface area contributed by atoms with Crippen LogP contribution in [0.2, 0.25) is 0 Å². The lowest BCUT2D eigenvalue weighted by molar-refractivity contribution is -0.106. The van der Waals surface area contributed by atoms with Crippen LogP contribution in [0.3, 0.4) is 0 Å². The Morgan fingerprint density at radius 3 is 2.27 bits per heavy atom. The summed E-state index contributed by atoms with van der Waals surface area (Å²) in [5.41, 5.74) is 0. The lowest BCUT2D eigenvalue weighted by Gasteiger charge is -2.12. The van der Waals surface area contributed by atoms with Gasteiger partial charge in [-0.3, -0.25) is 0 Å². The fourth-order valence-corrected chi connectivity index (χ4v) is 2.40. The topological polar surface area (TPSA) is 83.5 Å². The van der Waals surface area contributed by atoms with Crippen LogP contribution in [0.15, 0.2) is 0 Å². The molecule has 15 heavy (non-hydrogen) atoms. The molecule has 0 heterocycles. The second-order valence-electron chi connectivity index (χ2n) is 3.02. The van der Waals surface area contributed by atoms with Crippen molar-refractivity contribution in [3.05, 3.63) is 0 Å². The molecule has 5 nitrogen and oxygen atoms in total. The molecule has 9 heteroatoms. The van der Waals surface area contributed by atoms with Gasteiger partial charge in [0.15, 0.2) is 9.84 Å². The van der Waals surface area contributed by atoms with Gasteiger partial charge in [0, 0.05) is 6.04 Å². The van der Waals surface area contributed by atoms with E-state index in [0.29, 0.717) is 0 Å². The van der Waals surface area contributed by atoms with Gasteiger partial charge < -0.3 is 10.4 Å². The van der Waals surface area contributed by atoms with E-state index >= 15 is 0 Å². The number of rotatable bonds is 4. The third kappa shape index (κ3) is 8.03. The third-order valence-electron chi connectivity index (χ3n) is 1.26. The lowest BCUT2D eigenvalue weighted by atomic mass is 10.4. The van der Waals surface area contributed by atoms with Crippen LogP contribution in [0.25, 0.3) is 0 Å². The number of halogens is 3. The highest BCUT2D eigenvalue weighted by atomic mass is 32.2. The Balaban J connectivity index is 4.33. The van der Waals surface area contributed by atoms with Gasteiger partial charge in [-0.05, 0) is 6.92 Å². The van der Waals surface area contributed by atoms with Gasteiger partial charge in [-0.25, -0.2) is 13.2 Å². The highest BCUT2D eigenvalue weighted by Crippen LogP contribution is 2.17. The summed E-state index contributed by atoms with van der Waals surface area (Å²) in [7, 11) is -4.33. The van der Waals surface area contributed by atoms with E-state index in [9.17, 15) is 26.4 Å². The predicted molar refractivity (Wildman–Crippen MR) is 45.3 cm³/mol. The van der Waals surface area contributed by atoms with E-state index < -0.39 is 39.7 Å². The zero-order valence-corrected chi connectivity index (χ0v) is 8.52. The predicted octanol–water partition coefficient (Wildman–Crippen LogP) is 0.620. The first-order valence-corrected chi connectivity index (χ1v) is 5.60. The van der Waals surface area contributed by atoms with Gasteiger partial charge in [0.1, 0.15) is 5.75 Å². The minimum atomic E-state index is -4.80. The van der Waals surface area contributed by atoms with E-state index in [2.05, 4.69) is 0 Å². The Bertz CT molecular complexity index is 324. The summed E-state index contributed by atoms with van der Waals surface area (Å²) in [6, 6.07) is -1.07. The van der Waals surface area contributed by atoms with Crippen molar-refractivity contribution >= 4 is 15.9 Å². The van der Waals surface area contributed by atoms with E-state index in [0.717, 1.165) is 0 Å². The fourth-order valence-electron chi connectivity index (χ4n) is 0.942. The maximum atomic E-state index is 11.7. The summed E-state index contributed by atoms with van der Waals surface area (Å²) in [4.78, 5) is 10.1. The Morgan fingerprint density at radius 2 is 1.93 bits per heavy atom. The van der Waals surface area contributed by atoms with Crippen molar-refractivity contribution in [2.24, 2.45) is 0 Å². The fraction of sp³-hybridized carbons (Fsp3) is 0.833. The smallest absolute Gasteiger partial charge is 0.404 e. The van der Waals surface area contributed by atoms with Crippen LogP contribution in [0.4, 0.5) is 18.0 Å². The highest BCUT2D eigenvalue weighted by Gasteiger charge is 2.35. The first kappa shape index (κ1) is 14.0. The number of amides is 1. The van der Waals surface area contributed by atoms with E-state index in [1.807, 2.05) is 0 Å². The van der Waals surface area contributed by atoms with Gasteiger partial charge in [0.05, 0.1) is 5.75 Å². The van der Waals surface area contributed by atoms with Crippen molar-refractivity contribution < 1.29 is 31.5 Å². The maximum absolute atomic E-state index is 11.7. The van der Waals surface area contributed by atoms with Gasteiger partial charge in [-0.1, -0.05) is 0 Å². The number of alkyl halides is 3. The molecule has 2 N–H and O–H groups in total. The normalized spacial score (nSPS) is 14.7. The summed E-state index contributed by atoms with van der Waals surface area (Å²) in [5, 5.41) is 9.94. The zero-order valence-electron chi connectivity index (χ0n) is 7.71. The Hall–Kier alpha value is -0.990. The summed E-state index contributed by atoms with van der Waals surface area (Å²) < 4.78 is 57.0. The molecule has 0 spiro atoms. The number of hydrogen-bond donors (Lipinski definition) is 2. The van der Waals surface area contributed by atoms with Gasteiger partial charge in [-0.15, -0.1) is 0 Å². The molecule has 1 amide bonds. The van der Waals surface area contributed by atoms with Gasteiger partial charge in [-0.2, -0.15) is 13.2 Å². The maximum Gasteiger partial charge on any atom is 0.404 e. The number of carbonyl (C=O) groups is 1. The summed E-state index contributed by atoms with van der Waals surface area (Å²) >= 11 is 0. The van der Waals surface area contributed by atoms with E-state index in [1.165, 1.54) is 6.92 Å². The molecule has 1 atom stereocenters. The van der Waals surface area contributed by atoms with Gasteiger partial charge in [0.2, 0.25) is 0 Å². The number of carboxylic acid groups (broad SMARTS) is 1. The van der Waals surface area contributed by atoms with Crippen LogP contribution >= 0.6 is 0 Å². The third-order valence-corrected chi connectivity index (χ3v) is 3.03. The molecular formula is C6H10F3NO4S. The molecule has 0 aliphatic heterocycles. The molecule has 0 saturated heterocycles. The van der Waals surface area contributed by atoms with Gasteiger partial charge >= 0.3 is 12.3 Å². The second-order valence-corrected chi connectivity index (χ2v) is 5.13. The number of sulfone groups is 1. The van der Waals surface area contributed by atoms with Gasteiger partial charge in [0.25, 0.3) is 0 Å². The zero-order chi connectivity index (χ0) is 12.3. The molecule has 0 fully saturated rings. The van der Waals surface area contributed by atoms with Crippen LogP contribution < -0.4 is 5.32 Å². The van der Waals surface area contributed by atoms with Crippen LogP contribution in [0, 0.1) is 0 Å². The molecule has 0 aromatic carbocycles. The van der Waals surface area contributed by atoms with E-state index in [1.54, 1.807) is 5.32 Å².